The minimum absolute atomic E-state index is 0.110. The quantitative estimate of drug-likeness (QED) is 0.837. The standard InChI is InChI=1S/C19H21FN2O3/c1-14-3-8-17(21-11-14)18(23)22-10-9-19(12-22,24-2)13-25-16-6-4-15(20)5-7-16/h3-8,11H,9-10,12-13H2,1-2H3. The summed E-state index contributed by atoms with van der Waals surface area (Å²) in [6, 6.07) is 9.46. The first-order valence-electron chi connectivity index (χ1n) is 8.17. The molecule has 0 bridgehead atoms. The third-order valence-electron chi connectivity index (χ3n) is 4.48. The van der Waals surface area contributed by atoms with Crippen LogP contribution in [0.4, 0.5) is 4.39 Å². The van der Waals surface area contributed by atoms with E-state index in [4.69, 9.17) is 9.47 Å². The number of nitrogens with zero attached hydrogens (tertiary/aromatic N) is 2. The molecule has 1 aromatic heterocycles. The Bertz CT molecular complexity index is 733. The molecule has 5 nitrogen and oxygen atoms in total. The molecule has 6 heteroatoms. The Labute approximate surface area is 146 Å². The summed E-state index contributed by atoms with van der Waals surface area (Å²) in [5.74, 6) is 0.153. The van der Waals surface area contributed by atoms with Crippen LogP contribution in [0.3, 0.4) is 0 Å². The number of carbonyl (C=O) groups is 1. The van der Waals surface area contributed by atoms with Gasteiger partial charge in [0.15, 0.2) is 0 Å². The number of benzene rings is 1. The first-order chi connectivity index (χ1) is 12.0. The van der Waals surface area contributed by atoms with E-state index in [0.29, 0.717) is 37.6 Å². The van der Waals surface area contributed by atoms with Crippen LogP contribution >= 0.6 is 0 Å². The normalized spacial score (nSPS) is 19.9. The zero-order chi connectivity index (χ0) is 17.9. The van der Waals surface area contributed by atoms with Crippen molar-refractivity contribution in [2.24, 2.45) is 0 Å². The van der Waals surface area contributed by atoms with E-state index in [1.54, 1.807) is 36.4 Å². The van der Waals surface area contributed by atoms with Crippen molar-refractivity contribution in [1.82, 2.24) is 9.88 Å². The molecule has 1 unspecified atom stereocenters. The number of hydrogen-bond donors (Lipinski definition) is 0. The van der Waals surface area contributed by atoms with Crippen molar-refractivity contribution in [3.8, 4) is 5.75 Å². The maximum Gasteiger partial charge on any atom is 0.272 e. The lowest BCUT2D eigenvalue weighted by Gasteiger charge is -2.27. The van der Waals surface area contributed by atoms with E-state index in [1.807, 2.05) is 13.0 Å². The van der Waals surface area contributed by atoms with Gasteiger partial charge in [0.2, 0.25) is 0 Å². The molecule has 1 saturated heterocycles. The van der Waals surface area contributed by atoms with Gasteiger partial charge in [0.1, 0.15) is 29.5 Å². The highest BCUT2D eigenvalue weighted by molar-refractivity contribution is 5.92. The molecule has 1 aliphatic heterocycles. The lowest BCUT2D eigenvalue weighted by Crippen LogP contribution is -2.42. The third kappa shape index (κ3) is 3.96. The van der Waals surface area contributed by atoms with Crippen molar-refractivity contribution in [3.63, 3.8) is 0 Å². The van der Waals surface area contributed by atoms with Crippen molar-refractivity contribution in [2.75, 3.05) is 26.8 Å². The van der Waals surface area contributed by atoms with Gasteiger partial charge in [-0.25, -0.2) is 4.39 Å². The number of amides is 1. The summed E-state index contributed by atoms with van der Waals surface area (Å²) < 4.78 is 24.4. The van der Waals surface area contributed by atoms with Crippen LogP contribution in [0.25, 0.3) is 0 Å². The predicted molar refractivity (Wildman–Crippen MR) is 91.1 cm³/mol. The van der Waals surface area contributed by atoms with Crippen molar-refractivity contribution in [3.05, 3.63) is 59.7 Å². The first kappa shape index (κ1) is 17.4. The lowest BCUT2D eigenvalue weighted by molar-refractivity contribution is -0.0343. The van der Waals surface area contributed by atoms with E-state index in [-0.39, 0.29) is 11.7 Å². The maximum absolute atomic E-state index is 13.0. The average molecular weight is 344 g/mol. The monoisotopic (exact) mass is 344 g/mol. The largest absolute Gasteiger partial charge is 0.491 e. The predicted octanol–water partition coefficient (Wildman–Crippen LogP) is 2.84. The Morgan fingerprint density at radius 3 is 2.68 bits per heavy atom. The van der Waals surface area contributed by atoms with Gasteiger partial charge in [-0.1, -0.05) is 6.07 Å². The highest BCUT2D eigenvalue weighted by Gasteiger charge is 2.41. The fourth-order valence-corrected chi connectivity index (χ4v) is 2.86. The molecule has 1 fully saturated rings. The van der Waals surface area contributed by atoms with Gasteiger partial charge in [0.05, 0.1) is 6.54 Å². The minimum Gasteiger partial charge on any atom is -0.491 e. The van der Waals surface area contributed by atoms with Crippen molar-refractivity contribution >= 4 is 5.91 Å². The summed E-state index contributed by atoms with van der Waals surface area (Å²) >= 11 is 0. The Balaban J connectivity index is 1.64. The number of halogens is 1. The van der Waals surface area contributed by atoms with Crippen molar-refractivity contribution in [2.45, 2.75) is 18.9 Å². The number of ether oxygens (including phenoxy) is 2. The fourth-order valence-electron chi connectivity index (χ4n) is 2.86. The molecule has 0 aliphatic carbocycles. The van der Waals surface area contributed by atoms with Crippen LogP contribution in [0, 0.1) is 12.7 Å². The van der Waals surface area contributed by atoms with Gasteiger partial charge in [-0.3, -0.25) is 9.78 Å². The molecular formula is C19H21FN2O3. The van der Waals surface area contributed by atoms with Crippen LogP contribution in [0.5, 0.6) is 5.75 Å². The number of methoxy groups -OCH3 is 1. The number of carbonyl (C=O) groups excluding carboxylic acids is 1. The Morgan fingerprint density at radius 1 is 1.28 bits per heavy atom. The second kappa shape index (κ2) is 7.19. The smallest absolute Gasteiger partial charge is 0.272 e. The summed E-state index contributed by atoms with van der Waals surface area (Å²) in [5, 5.41) is 0. The highest BCUT2D eigenvalue weighted by Crippen LogP contribution is 2.27. The first-order valence-corrected chi connectivity index (χ1v) is 8.17. The molecular weight excluding hydrogens is 323 g/mol. The van der Waals surface area contributed by atoms with Gasteiger partial charge in [-0.2, -0.15) is 0 Å². The van der Waals surface area contributed by atoms with Crippen LogP contribution in [-0.4, -0.2) is 48.2 Å². The molecule has 1 amide bonds. The molecule has 25 heavy (non-hydrogen) atoms. The topological polar surface area (TPSA) is 51.7 Å². The molecule has 0 N–H and O–H groups in total. The number of hydrogen-bond acceptors (Lipinski definition) is 4. The van der Waals surface area contributed by atoms with E-state index < -0.39 is 5.60 Å². The Morgan fingerprint density at radius 2 is 2.04 bits per heavy atom. The number of pyridine rings is 1. The van der Waals surface area contributed by atoms with Gasteiger partial charge in [0, 0.05) is 19.9 Å². The summed E-state index contributed by atoms with van der Waals surface area (Å²) in [6.45, 7) is 3.23. The van der Waals surface area contributed by atoms with Crippen molar-refractivity contribution < 1.29 is 18.7 Å². The van der Waals surface area contributed by atoms with E-state index in [2.05, 4.69) is 4.98 Å². The molecule has 2 heterocycles. The number of aromatic nitrogens is 1. The fraction of sp³-hybridized carbons (Fsp3) is 0.368. The van der Waals surface area contributed by atoms with Gasteiger partial charge in [-0.05, 0) is 49.2 Å². The molecule has 0 radical (unpaired) electrons. The van der Waals surface area contributed by atoms with E-state index in [9.17, 15) is 9.18 Å². The molecule has 1 atom stereocenters. The molecule has 0 saturated carbocycles. The maximum atomic E-state index is 13.0. The highest BCUT2D eigenvalue weighted by atomic mass is 19.1. The molecule has 0 spiro atoms. The van der Waals surface area contributed by atoms with Crippen molar-refractivity contribution in [1.29, 1.82) is 0 Å². The second-order valence-corrected chi connectivity index (χ2v) is 6.33. The third-order valence-corrected chi connectivity index (χ3v) is 4.48. The Hall–Kier alpha value is -2.47. The van der Waals surface area contributed by atoms with Crippen LogP contribution in [0.15, 0.2) is 42.6 Å². The molecule has 2 aromatic rings. The zero-order valence-corrected chi connectivity index (χ0v) is 14.4. The summed E-state index contributed by atoms with van der Waals surface area (Å²) in [7, 11) is 1.62. The summed E-state index contributed by atoms with van der Waals surface area (Å²) in [6.07, 6.45) is 2.35. The van der Waals surface area contributed by atoms with Gasteiger partial charge >= 0.3 is 0 Å². The van der Waals surface area contributed by atoms with E-state index in [1.165, 1.54) is 12.1 Å². The SMILES string of the molecule is COC1(COc2ccc(F)cc2)CCN(C(=O)c2ccc(C)cn2)C1. The lowest BCUT2D eigenvalue weighted by atomic mass is 10.0. The van der Waals surface area contributed by atoms with Crippen LogP contribution in [-0.2, 0) is 4.74 Å². The van der Waals surface area contributed by atoms with Gasteiger partial charge in [0.25, 0.3) is 5.91 Å². The zero-order valence-electron chi connectivity index (χ0n) is 14.4. The summed E-state index contributed by atoms with van der Waals surface area (Å²) in [4.78, 5) is 18.5. The second-order valence-electron chi connectivity index (χ2n) is 6.33. The van der Waals surface area contributed by atoms with Gasteiger partial charge in [-0.15, -0.1) is 0 Å². The van der Waals surface area contributed by atoms with E-state index in [0.717, 1.165) is 5.56 Å². The molecule has 1 aromatic carbocycles. The number of aryl methyl sites for hydroxylation is 1. The molecule has 3 rings (SSSR count). The van der Waals surface area contributed by atoms with Crippen LogP contribution in [0.1, 0.15) is 22.5 Å². The number of likely N-dealkylation sites (tertiary alicyclic amines) is 1. The van der Waals surface area contributed by atoms with Gasteiger partial charge < -0.3 is 14.4 Å². The molecule has 1 aliphatic rings. The minimum atomic E-state index is -0.575. The Kier molecular flexibility index (Phi) is 4.99. The number of rotatable bonds is 5. The summed E-state index contributed by atoms with van der Waals surface area (Å²) in [5.41, 5.74) is 0.864. The van der Waals surface area contributed by atoms with Crippen LogP contribution < -0.4 is 4.74 Å². The average Bonchev–Trinajstić information content (AvgIpc) is 3.06. The molecule has 132 valence electrons. The van der Waals surface area contributed by atoms with E-state index >= 15 is 0 Å². The van der Waals surface area contributed by atoms with Crippen LogP contribution in [0.2, 0.25) is 0 Å².